The van der Waals surface area contributed by atoms with Crippen LogP contribution < -0.4 is 5.32 Å². The Morgan fingerprint density at radius 2 is 2.19 bits per heavy atom. The van der Waals surface area contributed by atoms with Gasteiger partial charge in [0.2, 0.25) is 10.0 Å². The van der Waals surface area contributed by atoms with Crippen LogP contribution in [-0.4, -0.2) is 38.4 Å². The molecule has 1 aromatic carbocycles. The summed E-state index contributed by atoms with van der Waals surface area (Å²) in [7, 11) is -3.70. The summed E-state index contributed by atoms with van der Waals surface area (Å²) in [6.07, 6.45) is 1.49. The smallest absolute Gasteiger partial charge is 0.244 e. The maximum atomic E-state index is 13.1. The number of halogens is 3. The number of rotatable bonds is 5. The van der Waals surface area contributed by atoms with Crippen LogP contribution in [0.5, 0.6) is 0 Å². The van der Waals surface area contributed by atoms with Gasteiger partial charge in [0.05, 0.1) is 5.02 Å². The van der Waals surface area contributed by atoms with Crippen LogP contribution in [0.4, 0.5) is 4.39 Å². The SMILES string of the molecule is CCCN(C1CCNC1)S(=O)(=O)c1ccc(F)cc1Cl.Cl. The average molecular weight is 357 g/mol. The lowest BCUT2D eigenvalue weighted by Crippen LogP contribution is -2.42. The monoisotopic (exact) mass is 356 g/mol. The first-order valence-electron chi connectivity index (χ1n) is 6.64. The van der Waals surface area contributed by atoms with Gasteiger partial charge in [0, 0.05) is 19.1 Å². The molecule has 1 aliphatic rings. The van der Waals surface area contributed by atoms with E-state index in [-0.39, 0.29) is 28.4 Å². The van der Waals surface area contributed by atoms with Crippen LogP contribution in [0.2, 0.25) is 5.02 Å². The normalized spacial score (nSPS) is 18.8. The molecule has 1 heterocycles. The lowest BCUT2D eigenvalue weighted by molar-refractivity contribution is 0.335. The van der Waals surface area contributed by atoms with Crippen molar-refractivity contribution in [3.05, 3.63) is 29.0 Å². The molecule has 1 aliphatic heterocycles. The van der Waals surface area contributed by atoms with E-state index in [1.54, 1.807) is 0 Å². The minimum Gasteiger partial charge on any atom is -0.315 e. The maximum Gasteiger partial charge on any atom is 0.244 e. The van der Waals surface area contributed by atoms with Crippen molar-refractivity contribution in [3.8, 4) is 0 Å². The Morgan fingerprint density at radius 1 is 1.48 bits per heavy atom. The van der Waals surface area contributed by atoms with Crippen molar-refractivity contribution >= 4 is 34.0 Å². The number of nitrogens with zero attached hydrogens (tertiary/aromatic N) is 1. The van der Waals surface area contributed by atoms with Crippen LogP contribution in [0.25, 0.3) is 0 Å². The predicted molar refractivity (Wildman–Crippen MR) is 84.1 cm³/mol. The number of sulfonamides is 1. The van der Waals surface area contributed by atoms with E-state index in [0.717, 1.165) is 25.1 Å². The molecule has 0 radical (unpaired) electrons. The molecule has 8 heteroatoms. The van der Waals surface area contributed by atoms with Gasteiger partial charge in [0.15, 0.2) is 0 Å². The molecular weight excluding hydrogens is 338 g/mol. The fraction of sp³-hybridized carbons (Fsp3) is 0.538. The van der Waals surface area contributed by atoms with Crippen molar-refractivity contribution < 1.29 is 12.8 Å². The largest absolute Gasteiger partial charge is 0.315 e. The number of hydrogen-bond acceptors (Lipinski definition) is 3. The van der Waals surface area contributed by atoms with E-state index < -0.39 is 15.8 Å². The highest BCUT2D eigenvalue weighted by molar-refractivity contribution is 7.89. The third-order valence-electron chi connectivity index (χ3n) is 3.37. The Hall–Kier alpha value is -0.400. The van der Waals surface area contributed by atoms with Gasteiger partial charge in [0.25, 0.3) is 0 Å². The summed E-state index contributed by atoms with van der Waals surface area (Å²) in [6, 6.07) is 3.32. The molecule has 0 aromatic heterocycles. The van der Waals surface area contributed by atoms with Crippen molar-refractivity contribution in [3.63, 3.8) is 0 Å². The lowest BCUT2D eigenvalue weighted by Gasteiger charge is -2.27. The Labute approximate surface area is 136 Å². The molecule has 1 saturated heterocycles. The third-order valence-corrected chi connectivity index (χ3v) is 5.80. The molecule has 4 nitrogen and oxygen atoms in total. The van der Waals surface area contributed by atoms with E-state index in [9.17, 15) is 12.8 Å². The summed E-state index contributed by atoms with van der Waals surface area (Å²) in [6.45, 7) is 3.80. The Kier molecular flexibility index (Phi) is 6.87. The average Bonchev–Trinajstić information content (AvgIpc) is 2.88. The third kappa shape index (κ3) is 4.07. The van der Waals surface area contributed by atoms with Gasteiger partial charge in [-0.05, 0) is 37.6 Å². The molecule has 0 bridgehead atoms. The van der Waals surface area contributed by atoms with E-state index in [1.165, 1.54) is 10.4 Å². The number of nitrogens with one attached hydrogen (secondary N) is 1. The van der Waals surface area contributed by atoms with Crippen molar-refractivity contribution in [2.24, 2.45) is 0 Å². The van der Waals surface area contributed by atoms with Gasteiger partial charge in [-0.25, -0.2) is 12.8 Å². The van der Waals surface area contributed by atoms with E-state index in [1.807, 2.05) is 6.92 Å². The summed E-state index contributed by atoms with van der Waals surface area (Å²) >= 11 is 5.90. The Bertz CT molecular complexity index is 578. The van der Waals surface area contributed by atoms with Gasteiger partial charge in [-0.2, -0.15) is 4.31 Å². The van der Waals surface area contributed by atoms with Gasteiger partial charge in [0.1, 0.15) is 10.7 Å². The first-order chi connectivity index (χ1) is 9.46. The van der Waals surface area contributed by atoms with Crippen LogP contribution >= 0.6 is 24.0 Å². The topological polar surface area (TPSA) is 49.4 Å². The van der Waals surface area contributed by atoms with Crippen LogP contribution in [-0.2, 0) is 10.0 Å². The second-order valence-corrected chi connectivity index (χ2v) is 7.10. The van der Waals surface area contributed by atoms with Crippen LogP contribution in [0.1, 0.15) is 19.8 Å². The molecule has 0 aliphatic carbocycles. The molecule has 0 saturated carbocycles. The standard InChI is InChI=1S/C13H18ClFN2O2S.ClH/c1-2-7-17(11-5-6-16-9-11)20(18,19)13-4-3-10(15)8-12(13)14;/h3-4,8,11,16H,2,5-7,9H2,1H3;1H. The number of hydrogen-bond donors (Lipinski definition) is 1. The highest BCUT2D eigenvalue weighted by Crippen LogP contribution is 2.28. The van der Waals surface area contributed by atoms with E-state index in [4.69, 9.17) is 11.6 Å². The van der Waals surface area contributed by atoms with Crippen LogP contribution in [0.15, 0.2) is 23.1 Å². The van der Waals surface area contributed by atoms with Crippen LogP contribution in [0, 0.1) is 5.82 Å². The van der Waals surface area contributed by atoms with Gasteiger partial charge in [-0.1, -0.05) is 18.5 Å². The Morgan fingerprint density at radius 3 is 2.71 bits per heavy atom. The molecule has 21 heavy (non-hydrogen) atoms. The highest BCUT2D eigenvalue weighted by atomic mass is 35.5. The summed E-state index contributed by atoms with van der Waals surface area (Å²) < 4.78 is 40.0. The van der Waals surface area contributed by atoms with Crippen LogP contribution in [0.3, 0.4) is 0 Å². The molecule has 0 amide bonds. The van der Waals surface area contributed by atoms with Crippen molar-refractivity contribution in [1.29, 1.82) is 0 Å². The van der Waals surface area contributed by atoms with Crippen molar-refractivity contribution in [2.45, 2.75) is 30.7 Å². The molecule has 120 valence electrons. The second kappa shape index (κ2) is 7.74. The zero-order valence-corrected chi connectivity index (χ0v) is 14.1. The van der Waals surface area contributed by atoms with Gasteiger partial charge in [-0.15, -0.1) is 12.4 Å². The molecule has 1 N–H and O–H groups in total. The summed E-state index contributed by atoms with van der Waals surface area (Å²) in [4.78, 5) is -0.0269. The Balaban J connectivity index is 0.00000220. The van der Waals surface area contributed by atoms with E-state index in [2.05, 4.69) is 5.32 Å². The first-order valence-corrected chi connectivity index (χ1v) is 8.46. The van der Waals surface area contributed by atoms with Crippen molar-refractivity contribution in [2.75, 3.05) is 19.6 Å². The fourth-order valence-corrected chi connectivity index (χ4v) is 4.67. The molecular formula is C13H19Cl2FN2O2S. The van der Waals surface area contributed by atoms with Gasteiger partial charge < -0.3 is 5.32 Å². The fourth-order valence-electron chi connectivity index (χ4n) is 2.42. The molecule has 1 atom stereocenters. The summed E-state index contributed by atoms with van der Waals surface area (Å²) in [5, 5.41) is 3.09. The zero-order chi connectivity index (χ0) is 14.8. The minimum absolute atomic E-state index is 0. The van der Waals surface area contributed by atoms with Gasteiger partial charge >= 0.3 is 0 Å². The lowest BCUT2D eigenvalue weighted by atomic mass is 10.2. The maximum absolute atomic E-state index is 13.1. The second-order valence-electron chi connectivity index (χ2n) is 4.84. The van der Waals surface area contributed by atoms with Crippen molar-refractivity contribution in [1.82, 2.24) is 9.62 Å². The molecule has 1 unspecified atom stereocenters. The molecule has 0 spiro atoms. The molecule has 2 rings (SSSR count). The number of benzene rings is 1. The zero-order valence-electron chi connectivity index (χ0n) is 11.7. The summed E-state index contributed by atoms with van der Waals surface area (Å²) in [5.41, 5.74) is 0. The highest BCUT2D eigenvalue weighted by Gasteiger charge is 2.33. The first kappa shape index (κ1) is 18.6. The van der Waals surface area contributed by atoms with E-state index in [0.29, 0.717) is 19.5 Å². The quantitative estimate of drug-likeness (QED) is 0.882. The predicted octanol–water partition coefficient (Wildman–Crippen LogP) is 2.66. The minimum atomic E-state index is -3.70. The molecule has 1 fully saturated rings. The van der Waals surface area contributed by atoms with Gasteiger partial charge in [-0.3, -0.25) is 0 Å². The molecule has 1 aromatic rings. The summed E-state index contributed by atoms with van der Waals surface area (Å²) in [5.74, 6) is -0.543. The van der Waals surface area contributed by atoms with E-state index >= 15 is 0 Å².